The first kappa shape index (κ1) is 25.0. The van der Waals surface area contributed by atoms with Crippen molar-refractivity contribution in [3.05, 3.63) is 64.6 Å². The summed E-state index contributed by atoms with van der Waals surface area (Å²) in [6, 6.07) is 9.41. The molecule has 0 spiro atoms. The molecule has 3 heterocycles. The Morgan fingerprint density at radius 2 is 1.86 bits per heavy atom. The van der Waals surface area contributed by atoms with Gasteiger partial charge in [0.05, 0.1) is 43.9 Å². The number of benzene rings is 2. The largest absolute Gasteiger partial charge is 0.494 e. The molecule has 2 aromatic heterocycles. The SMILES string of the molecule is COc1cnc(N2CCn3c(C)cc4c(-c5ccc(Cl)cc5)c([C@H](OCCO)C(=O)O)c(C)c2c43)nc1. The van der Waals surface area contributed by atoms with Gasteiger partial charge in [0.1, 0.15) is 0 Å². The first-order chi connectivity index (χ1) is 17.8. The van der Waals surface area contributed by atoms with E-state index >= 15 is 0 Å². The second-order valence-electron chi connectivity index (χ2n) is 8.86. The summed E-state index contributed by atoms with van der Waals surface area (Å²) in [5.74, 6) is -0.106. The maximum absolute atomic E-state index is 12.6. The molecular weight excluding hydrogens is 496 g/mol. The molecule has 1 aliphatic rings. The number of hydrogen-bond donors (Lipinski definition) is 2. The number of aryl methyl sites for hydroxylation is 1. The standard InChI is InChI=1S/C27H27ClN4O5/c1-15-12-20-22(17-4-6-18(28)7-5-17)21(25(26(34)35)37-11-10-33)16(2)23-24(20)31(15)8-9-32(23)27-29-13-19(36-3)14-30-27/h4-7,12-14,25,33H,8-11H2,1-3H3,(H,34,35)/t25-/m0/s1. The van der Waals surface area contributed by atoms with Crippen LogP contribution in [0.4, 0.5) is 11.6 Å². The number of carbonyl (C=O) groups is 1. The number of aliphatic hydroxyl groups excluding tert-OH is 1. The number of halogens is 1. The van der Waals surface area contributed by atoms with Gasteiger partial charge < -0.3 is 29.2 Å². The van der Waals surface area contributed by atoms with Crippen LogP contribution >= 0.6 is 11.6 Å². The first-order valence-corrected chi connectivity index (χ1v) is 12.2. The van der Waals surface area contributed by atoms with Crippen LogP contribution in [-0.2, 0) is 16.1 Å². The van der Waals surface area contributed by atoms with Gasteiger partial charge >= 0.3 is 5.97 Å². The molecule has 192 valence electrons. The molecular formula is C27H27ClN4O5. The predicted octanol–water partition coefficient (Wildman–Crippen LogP) is 4.66. The number of anilines is 2. The summed E-state index contributed by atoms with van der Waals surface area (Å²) in [5, 5.41) is 21.2. The molecule has 0 aliphatic carbocycles. The third-order valence-electron chi connectivity index (χ3n) is 6.73. The van der Waals surface area contributed by atoms with E-state index in [0.29, 0.717) is 35.4 Å². The highest BCUT2D eigenvalue weighted by atomic mass is 35.5. The Morgan fingerprint density at radius 1 is 1.16 bits per heavy atom. The summed E-state index contributed by atoms with van der Waals surface area (Å²) < 4.78 is 13.2. The van der Waals surface area contributed by atoms with Crippen molar-refractivity contribution in [1.29, 1.82) is 0 Å². The van der Waals surface area contributed by atoms with E-state index in [1.165, 1.54) is 0 Å². The fraction of sp³-hybridized carbons (Fsp3) is 0.296. The molecule has 1 aliphatic heterocycles. The maximum atomic E-state index is 12.6. The second-order valence-corrected chi connectivity index (χ2v) is 9.29. The van der Waals surface area contributed by atoms with E-state index in [4.69, 9.17) is 21.1 Å². The van der Waals surface area contributed by atoms with E-state index in [0.717, 1.165) is 39.0 Å². The Hall–Kier alpha value is -3.66. The number of aliphatic carboxylic acids is 1. The summed E-state index contributed by atoms with van der Waals surface area (Å²) in [6.45, 7) is 4.83. The molecule has 0 bridgehead atoms. The lowest BCUT2D eigenvalue weighted by molar-refractivity contribution is -0.151. The number of ether oxygens (including phenoxy) is 2. The monoisotopic (exact) mass is 522 g/mol. The molecule has 1 atom stereocenters. The van der Waals surface area contributed by atoms with Crippen LogP contribution in [0.15, 0.2) is 42.7 Å². The summed E-state index contributed by atoms with van der Waals surface area (Å²) in [6.07, 6.45) is 1.92. The van der Waals surface area contributed by atoms with E-state index in [2.05, 4.69) is 20.6 Å². The number of hydrogen-bond acceptors (Lipinski definition) is 7. The van der Waals surface area contributed by atoms with Crippen molar-refractivity contribution in [3.63, 3.8) is 0 Å². The quantitative estimate of drug-likeness (QED) is 0.344. The number of aromatic nitrogens is 3. The van der Waals surface area contributed by atoms with Crippen molar-refractivity contribution in [2.45, 2.75) is 26.5 Å². The van der Waals surface area contributed by atoms with Crippen LogP contribution < -0.4 is 9.64 Å². The number of rotatable bonds is 8. The van der Waals surface area contributed by atoms with Crippen molar-refractivity contribution >= 4 is 40.1 Å². The topological polar surface area (TPSA) is 110 Å². The van der Waals surface area contributed by atoms with Crippen molar-refractivity contribution in [2.24, 2.45) is 0 Å². The number of methoxy groups -OCH3 is 1. The number of carboxylic acid groups (broad SMARTS) is 1. The van der Waals surface area contributed by atoms with Crippen molar-refractivity contribution in [2.75, 3.05) is 31.8 Å². The van der Waals surface area contributed by atoms with Gasteiger partial charge in [-0.05, 0) is 48.7 Å². The highest BCUT2D eigenvalue weighted by Gasteiger charge is 2.35. The van der Waals surface area contributed by atoms with Gasteiger partial charge in [-0.25, -0.2) is 14.8 Å². The lowest BCUT2D eigenvalue weighted by Gasteiger charge is -2.33. The Kier molecular flexibility index (Phi) is 6.76. The molecule has 2 aromatic carbocycles. The predicted molar refractivity (Wildman–Crippen MR) is 141 cm³/mol. The van der Waals surface area contributed by atoms with Gasteiger partial charge in [0.2, 0.25) is 5.95 Å². The molecule has 0 saturated carbocycles. The third kappa shape index (κ3) is 4.29. The summed E-state index contributed by atoms with van der Waals surface area (Å²) in [7, 11) is 1.56. The van der Waals surface area contributed by atoms with Crippen LogP contribution in [-0.4, -0.2) is 57.6 Å². The Morgan fingerprint density at radius 3 is 2.49 bits per heavy atom. The molecule has 0 unspecified atom stereocenters. The Bertz CT molecular complexity index is 1470. The van der Waals surface area contributed by atoms with Crippen molar-refractivity contribution in [1.82, 2.24) is 14.5 Å². The zero-order valence-electron chi connectivity index (χ0n) is 20.7. The van der Waals surface area contributed by atoms with Gasteiger partial charge in [0, 0.05) is 34.8 Å². The van der Waals surface area contributed by atoms with E-state index in [1.807, 2.05) is 30.9 Å². The van der Waals surface area contributed by atoms with Crippen LogP contribution in [0.3, 0.4) is 0 Å². The minimum atomic E-state index is -1.30. The zero-order valence-corrected chi connectivity index (χ0v) is 21.5. The fourth-order valence-corrected chi connectivity index (χ4v) is 5.27. The minimum Gasteiger partial charge on any atom is -0.494 e. The van der Waals surface area contributed by atoms with Gasteiger partial charge in [-0.3, -0.25) is 0 Å². The van der Waals surface area contributed by atoms with Crippen LogP contribution in [0.2, 0.25) is 5.02 Å². The minimum absolute atomic E-state index is 0.116. The third-order valence-corrected chi connectivity index (χ3v) is 6.98. The first-order valence-electron chi connectivity index (χ1n) is 11.9. The van der Waals surface area contributed by atoms with Crippen molar-refractivity contribution < 1.29 is 24.5 Å². The van der Waals surface area contributed by atoms with Crippen LogP contribution in [0, 0.1) is 13.8 Å². The molecule has 10 heteroatoms. The lowest BCUT2D eigenvalue weighted by atomic mass is 9.87. The van der Waals surface area contributed by atoms with Crippen LogP contribution in [0.5, 0.6) is 5.75 Å². The summed E-state index contributed by atoms with van der Waals surface area (Å²) in [5.41, 5.74) is 5.69. The van der Waals surface area contributed by atoms with Crippen molar-refractivity contribution in [3.8, 4) is 16.9 Å². The normalized spacial score (nSPS) is 13.7. The van der Waals surface area contributed by atoms with Gasteiger partial charge in [-0.2, -0.15) is 0 Å². The van der Waals surface area contributed by atoms with Crippen LogP contribution in [0.1, 0.15) is 22.9 Å². The molecule has 0 fully saturated rings. The average molecular weight is 523 g/mol. The van der Waals surface area contributed by atoms with Gasteiger partial charge in [0.25, 0.3) is 0 Å². The second kappa shape index (κ2) is 10.0. The van der Waals surface area contributed by atoms with E-state index in [9.17, 15) is 15.0 Å². The molecule has 2 N–H and O–H groups in total. The fourth-order valence-electron chi connectivity index (χ4n) is 5.15. The molecule has 5 rings (SSSR count). The molecule has 0 saturated heterocycles. The number of aliphatic hydroxyl groups is 1. The van der Waals surface area contributed by atoms with E-state index in [1.54, 1.807) is 31.6 Å². The van der Waals surface area contributed by atoms with Crippen LogP contribution in [0.25, 0.3) is 22.0 Å². The van der Waals surface area contributed by atoms with Gasteiger partial charge in [-0.15, -0.1) is 0 Å². The van der Waals surface area contributed by atoms with E-state index in [-0.39, 0.29) is 13.2 Å². The highest BCUT2D eigenvalue weighted by molar-refractivity contribution is 6.30. The summed E-state index contributed by atoms with van der Waals surface area (Å²) >= 11 is 6.18. The smallest absolute Gasteiger partial charge is 0.337 e. The Labute approximate surface area is 218 Å². The average Bonchev–Trinajstić information content (AvgIpc) is 3.23. The maximum Gasteiger partial charge on any atom is 0.337 e. The molecule has 0 radical (unpaired) electrons. The van der Waals surface area contributed by atoms with Gasteiger partial charge in [0.15, 0.2) is 11.9 Å². The summed E-state index contributed by atoms with van der Waals surface area (Å²) in [4.78, 5) is 23.6. The van der Waals surface area contributed by atoms with Gasteiger partial charge in [-0.1, -0.05) is 23.7 Å². The zero-order chi connectivity index (χ0) is 26.3. The highest BCUT2D eigenvalue weighted by Crippen LogP contribution is 2.48. The molecule has 0 amide bonds. The number of nitrogens with zero attached hydrogens (tertiary/aromatic N) is 4. The lowest BCUT2D eigenvalue weighted by Crippen LogP contribution is -2.31. The molecule has 4 aromatic rings. The number of carboxylic acids is 1. The molecule has 9 nitrogen and oxygen atoms in total. The molecule has 37 heavy (non-hydrogen) atoms. The Balaban J connectivity index is 1.86. The van der Waals surface area contributed by atoms with E-state index < -0.39 is 12.1 Å².